The third-order valence-corrected chi connectivity index (χ3v) is 2.92. The van der Waals surface area contributed by atoms with Gasteiger partial charge in [-0.25, -0.2) is 4.99 Å². The van der Waals surface area contributed by atoms with Crippen LogP contribution in [0.3, 0.4) is 0 Å². The molecule has 0 aromatic heterocycles. The molecular weight excluding hydrogens is 375 g/mol. The number of guanidine groups is 1. The number of nitrogens with zero attached hydrogens (tertiary/aromatic N) is 2. The Morgan fingerprint density at radius 1 is 1.14 bits per heavy atom. The molecule has 116 valence electrons. The normalized spacial score (nSPS) is 10.4. The van der Waals surface area contributed by atoms with Gasteiger partial charge in [0.05, 0.1) is 18.2 Å². The van der Waals surface area contributed by atoms with E-state index in [4.69, 9.17) is 5.26 Å². The third-order valence-electron chi connectivity index (χ3n) is 2.92. The van der Waals surface area contributed by atoms with Crippen LogP contribution in [0.2, 0.25) is 0 Å². The van der Waals surface area contributed by atoms with Crippen molar-refractivity contribution in [3.05, 3.63) is 35.4 Å². The number of nitriles is 1. The van der Waals surface area contributed by atoms with Gasteiger partial charge in [0.15, 0.2) is 5.96 Å². The van der Waals surface area contributed by atoms with E-state index in [0.717, 1.165) is 31.0 Å². The Morgan fingerprint density at radius 3 is 2.43 bits per heavy atom. The van der Waals surface area contributed by atoms with Crippen LogP contribution in [-0.4, -0.2) is 19.0 Å². The Bertz CT molecular complexity index is 448. The molecule has 0 atom stereocenters. The average Bonchev–Trinajstić information content (AvgIpc) is 2.49. The topological polar surface area (TPSA) is 60.2 Å². The van der Waals surface area contributed by atoms with Gasteiger partial charge in [-0.3, -0.25) is 0 Å². The average molecular weight is 400 g/mol. The maximum atomic E-state index is 8.76. The standard InChI is InChI=1S/C16H24N4.HI/c1-3-5-6-11-19-16(18-4-2)20-13-15-9-7-14(12-17)8-10-15;/h7-10H,3-6,11,13H2,1-2H3,(H2,18,19,20);1H. The molecule has 0 amide bonds. The zero-order chi connectivity index (χ0) is 14.6. The summed E-state index contributed by atoms with van der Waals surface area (Å²) >= 11 is 0. The quantitative estimate of drug-likeness (QED) is 0.319. The van der Waals surface area contributed by atoms with Crippen molar-refractivity contribution in [1.82, 2.24) is 10.6 Å². The molecule has 0 saturated carbocycles. The highest BCUT2D eigenvalue weighted by molar-refractivity contribution is 14.0. The van der Waals surface area contributed by atoms with Crippen LogP contribution in [-0.2, 0) is 6.54 Å². The van der Waals surface area contributed by atoms with E-state index in [9.17, 15) is 0 Å². The predicted octanol–water partition coefficient (Wildman–Crippen LogP) is 3.42. The van der Waals surface area contributed by atoms with Crippen molar-refractivity contribution in [1.29, 1.82) is 5.26 Å². The Hall–Kier alpha value is -1.29. The summed E-state index contributed by atoms with van der Waals surface area (Å²) in [6.07, 6.45) is 3.63. The van der Waals surface area contributed by atoms with Gasteiger partial charge in [-0.05, 0) is 31.0 Å². The molecule has 5 heteroatoms. The molecule has 21 heavy (non-hydrogen) atoms. The fourth-order valence-corrected chi connectivity index (χ4v) is 1.78. The number of rotatable bonds is 7. The number of aliphatic imine (C=N–C) groups is 1. The molecule has 0 aliphatic carbocycles. The fourth-order valence-electron chi connectivity index (χ4n) is 1.78. The summed E-state index contributed by atoms with van der Waals surface area (Å²) < 4.78 is 0. The molecule has 1 aromatic carbocycles. The number of nitrogens with one attached hydrogen (secondary N) is 2. The summed E-state index contributed by atoms with van der Waals surface area (Å²) in [6, 6.07) is 9.66. The molecule has 0 unspecified atom stereocenters. The van der Waals surface area contributed by atoms with Crippen LogP contribution < -0.4 is 10.6 Å². The monoisotopic (exact) mass is 400 g/mol. The smallest absolute Gasteiger partial charge is 0.191 e. The van der Waals surface area contributed by atoms with Gasteiger partial charge in [-0.1, -0.05) is 31.9 Å². The van der Waals surface area contributed by atoms with E-state index in [2.05, 4.69) is 35.5 Å². The Balaban J connectivity index is 0.00000400. The van der Waals surface area contributed by atoms with Gasteiger partial charge in [0, 0.05) is 13.1 Å². The number of benzene rings is 1. The van der Waals surface area contributed by atoms with E-state index in [1.54, 1.807) is 0 Å². The highest BCUT2D eigenvalue weighted by atomic mass is 127. The minimum absolute atomic E-state index is 0. The van der Waals surface area contributed by atoms with Gasteiger partial charge in [0.25, 0.3) is 0 Å². The molecule has 0 saturated heterocycles. The lowest BCUT2D eigenvalue weighted by molar-refractivity contribution is 0.683. The van der Waals surface area contributed by atoms with E-state index in [1.165, 1.54) is 12.8 Å². The van der Waals surface area contributed by atoms with Crippen molar-refractivity contribution in [3.63, 3.8) is 0 Å². The zero-order valence-electron chi connectivity index (χ0n) is 12.9. The number of hydrogen-bond donors (Lipinski definition) is 2. The Labute approximate surface area is 145 Å². The zero-order valence-corrected chi connectivity index (χ0v) is 15.2. The van der Waals surface area contributed by atoms with E-state index in [1.807, 2.05) is 24.3 Å². The second-order valence-electron chi connectivity index (χ2n) is 4.64. The number of halogens is 1. The molecule has 0 spiro atoms. The molecule has 1 rings (SSSR count). The molecule has 0 aliphatic heterocycles. The maximum Gasteiger partial charge on any atom is 0.191 e. The third kappa shape index (κ3) is 8.56. The Kier molecular flexibility index (Phi) is 11.7. The summed E-state index contributed by atoms with van der Waals surface area (Å²) in [5.74, 6) is 0.855. The molecule has 2 N–H and O–H groups in total. The fraction of sp³-hybridized carbons (Fsp3) is 0.500. The van der Waals surface area contributed by atoms with Crippen molar-refractivity contribution in [2.75, 3.05) is 13.1 Å². The largest absolute Gasteiger partial charge is 0.357 e. The first kappa shape index (κ1) is 19.7. The summed E-state index contributed by atoms with van der Waals surface area (Å²) in [6.45, 7) is 6.68. The molecular formula is C16H25IN4. The van der Waals surface area contributed by atoms with E-state index in [-0.39, 0.29) is 24.0 Å². The van der Waals surface area contributed by atoms with Gasteiger partial charge >= 0.3 is 0 Å². The number of unbranched alkanes of at least 4 members (excludes halogenated alkanes) is 2. The SMILES string of the molecule is CCCCCNC(=NCc1ccc(C#N)cc1)NCC.I. The first-order valence-corrected chi connectivity index (χ1v) is 7.31. The molecule has 0 fully saturated rings. The summed E-state index contributed by atoms with van der Waals surface area (Å²) in [5, 5.41) is 15.3. The molecule has 1 aromatic rings. The Morgan fingerprint density at radius 2 is 1.86 bits per heavy atom. The van der Waals surface area contributed by atoms with Crippen LogP contribution in [0.5, 0.6) is 0 Å². The van der Waals surface area contributed by atoms with Crippen molar-refractivity contribution < 1.29 is 0 Å². The molecule has 0 aliphatic rings. The summed E-state index contributed by atoms with van der Waals surface area (Å²) in [5.41, 5.74) is 1.79. The second kappa shape index (κ2) is 12.5. The van der Waals surface area contributed by atoms with Gasteiger partial charge in [0.1, 0.15) is 0 Å². The van der Waals surface area contributed by atoms with Gasteiger partial charge < -0.3 is 10.6 Å². The van der Waals surface area contributed by atoms with Gasteiger partial charge in [0.2, 0.25) is 0 Å². The van der Waals surface area contributed by atoms with Crippen LogP contribution in [0, 0.1) is 11.3 Å². The van der Waals surface area contributed by atoms with E-state index >= 15 is 0 Å². The second-order valence-corrected chi connectivity index (χ2v) is 4.64. The van der Waals surface area contributed by atoms with Crippen LogP contribution in [0.4, 0.5) is 0 Å². The van der Waals surface area contributed by atoms with Crippen LogP contribution in [0.1, 0.15) is 44.2 Å². The highest BCUT2D eigenvalue weighted by Gasteiger charge is 1.97. The summed E-state index contributed by atoms with van der Waals surface area (Å²) in [7, 11) is 0. The molecule has 0 heterocycles. The maximum absolute atomic E-state index is 8.76. The van der Waals surface area contributed by atoms with Crippen LogP contribution >= 0.6 is 24.0 Å². The molecule has 0 bridgehead atoms. The lowest BCUT2D eigenvalue weighted by atomic mass is 10.1. The van der Waals surface area contributed by atoms with Crippen molar-refractivity contribution >= 4 is 29.9 Å². The highest BCUT2D eigenvalue weighted by Crippen LogP contribution is 2.04. The van der Waals surface area contributed by atoms with Gasteiger partial charge in [-0.15, -0.1) is 24.0 Å². The molecule has 0 radical (unpaired) electrons. The molecule has 4 nitrogen and oxygen atoms in total. The van der Waals surface area contributed by atoms with Crippen molar-refractivity contribution in [2.45, 2.75) is 39.7 Å². The van der Waals surface area contributed by atoms with Crippen LogP contribution in [0.15, 0.2) is 29.3 Å². The van der Waals surface area contributed by atoms with E-state index < -0.39 is 0 Å². The number of hydrogen-bond acceptors (Lipinski definition) is 2. The summed E-state index contributed by atoms with van der Waals surface area (Å²) in [4.78, 5) is 4.55. The minimum atomic E-state index is 0. The predicted molar refractivity (Wildman–Crippen MR) is 98.9 cm³/mol. The van der Waals surface area contributed by atoms with Crippen molar-refractivity contribution in [3.8, 4) is 6.07 Å². The minimum Gasteiger partial charge on any atom is -0.357 e. The van der Waals surface area contributed by atoms with Crippen molar-refractivity contribution in [2.24, 2.45) is 4.99 Å². The first-order chi connectivity index (χ1) is 9.80. The van der Waals surface area contributed by atoms with Crippen LogP contribution in [0.25, 0.3) is 0 Å². The first-order valence-electron chi connectivity index (χ1n) is 7.31. The van der Waals surface area contributed by atoms with Gasteiger partial charge in [-0.2, -0.15) is 5.26 Å². The van der Waals surface area contributed by atoms with E-state index in [0.29, 0.717) is 12.1 Å². The lowest BCUT2D eigenvalue weighted by Crippen LogP contribution is -2.37. The lowest BCUT2D eigenvalue weighted by Gasteiger charge is -2.11.